The average molecular weight is 365 g/mol. The molecule has 0 radical (unpaired) electrons. The fourth-order valence-corrected chi connectivity index (χ4v) is 4.98. The Labute approximate surface area is 160 Å². The van der Waals surface area contributed by atoms with Crippen LogP contribution in [-0.2, 0) is 23.3 Å². The van der Waals surface area contributed by atoms with Gasteiger partial charge < -0.3 is 9.88 Å². The van der Waals surface area contributed by atoms with Crippen LogP contribution in [0.1, 0.15) is 49.2 Å². The number of rotatable bonds is 3. The van der Waals surface area contributed by atoms with Gasteiger partial charge in [0.2, 0.25) is 5.91 Å². The predicted molar refractivity (Wildman–Crippen MR) is 102 cm³/mol. The van der Waals surface area contributed by atoms with Crippen molar-refractivity contribution < 1.29 is 4.79 Å². The van der Waals surface area contributed by atoms with E-state index in [1.165, 1.54) is 12.1 Å². The molecule has 0 atom stereocenters. The number of carbonyl (C=O) groups excluding carboxylic acids is 1. The molecule has 5 rings (SSSR count). The first-order chi connectivity index (χ1) is 13.3. The molecule has 4 heterocycles. The zero-order valence-corrected chi connectivity index (χ0v) is 15.7. The molecule has 2 aromatic rings. The highest BCUT2D eigenvalue weighted by atomic mass is 16.2. The number of pyridine rings is 1. The smallest absolute Gasteiger partial charge is 0.226 e. The van der Waals surface area contributed by atoms with E-state index in [9.17, 15) is 4.79 Å². The lowest BCUT2D eigenvalue weighted by Crippen LogP contribution is -2.59. The molecule has 0 unspecified atom stereocenters. The van der Waals surface area contributed by atoms with E-state index < -0.39 is 0 Å². The Kier molecular flexibility index (Phi) is 4.23. The summed E-state index contributed by atoms with van der Waals surface area (Å²) in [7, 11) is 0. The standard InChI is InChI=1S/C21H27N5O/c27-20(16-4-3-5-16)26-11-7-18-19(24-15-23-18)21(26)8-12-25(13-9-21)14-17-6-1-2-10-22-17/h1-2,6,10,15-16H,3-5,7-9,11-14H2,(H,23,24). The van der Waals surface area contributed by atoms with Crippen molar-refractivity contribution >= 4 is 5.91 Å². The average Bonchev–Trinajstić information content (AvgIpc) is 3.13. The molecule has 2 aliphatic heterocycles. The van der Waals surface area contributed by atoms with Gasteiger partial charge >= 0.3 is 0 Å². The van der Waals surface area contributed by atoms with Gasteiger partial charge in [-0.3, -0.25) is 14.7 Å². The maximum Gasteiger partial charge on any atom is 0.226 e. The van der Waals surface area contributed by atoms with Crippen LogP contribution in [0.4, 0.5) is 0 Å². The fourth-order valence-electron chi connectivity index (χ4n) is 4.98. The molecule has 2 fully saturated rings. The molecule has 1 aliphatic carbocycles. The first kappa shape index (κ1) is 16.9. The summed E-state index contributed by atoms with van der Waals surface area (Å²) in [6.45, 7) is 3.64. The molecule has 1 saturated heterocycles. The van der Waals surface area contributed by atoms with Crippen molar-refractivity contribution in [3.8, 4) is 0 Å². The van der Waals surface area contributed by atoms with Crippen molar-refractivity contribution in [2.45, 2.75) is 50.6 Å². The predicted octanol–water partition coefficient (Wildman–Crippen LogP) is 2.48. The number of nitrogens with zero attached hydrogens (tertiary/aromatic N) is 4. The summed E-state index contributed by atoms with van der Waals surface area (Å²) in [4.78, 5) is 30.4. The normalized spacial score (nSPS) is 22.4. The van der Waals surface area contributed by atoms with E-state index in [1.807, 2.05) is 24.7 Å². The van der Waals surface area contributed by atoms with Gasteiger partial charge in [-0.25, -0.2) is 4.98 Å². The van der Waals surface area contributed by atoms with Crippen molar-refractivity contribution in [3.05, 3.63) is 47.8 Å². The molecular formula is C21H27N5O. The van der Waals surface area contributed by atoms with Gasteiger partial charge in [-0.1, -0.05) is 12.5 Å². The Balaban J connectivity index is 1.38. The van der Waals surface area contributed by atoms with E-state index in [1.54, 1.807) is 0 Å². The molecule has 1 spiro atoms. The minimum atomic E-state index is -0.221. The lowest BCUT2D eigenvalue weighted by Gasteiger charge is -2.52. The van der Waals surface area contributed by atoms with Crippen LogP contribution in [0.25, 0.3) is 0 Å². The zero-order valence-electron chi connectivity index (χ0n) is 15.7. The second kappa shape index (κ2) is 6.75. The Morgan fingerprint density at radius 2 is 2.04 bits per heavy atom. The molecule has 1 amide bonds. The third-order valence-electron chi connectivity index (χ3n) is 6.78. The van der Waals surface area contributed by atoms with Gasteiger partial charge in [-0.2, -0.15) is 0 Å². The molecule has 6 nitrogen and oxygen atoms in total. The van der Waals surface area contributed by atoms with Crippen LogP contribution in [0, 0.1) is 5.92 Å². The second-order valence-electron chi connectivity index (χ2n) is 8.23. The number of hydrogen-bond acceptors (Lipinski definition) is 4. The topological polar surface area (TPSA) is 65.1 Å². The number of piperidine rings is 1. The van der Waals surface area contributed by atoms with Crippen LogP contribution < -0.4 is 0 Å². The summed E-state index contributed by atoms with van der Waals surface area (Å²) in [5.41, 5.74) is 3.24. The maximum absolute atomic E-state index is 13.2. The molecule has 0 aromatic carbocycles. The lowest BCUT2D eigenvalue weighted by molar-refractivity contribution is -0.149. The van der Waals surface area contributed by atoms with Gasteiger partial charge in [-0.05, 0) is 37.8 Å². The van der Waals surface area contributed by atoms with Gasteiger partial charge in [0.1, 0.15) is 0 Å². The number of carbonyl (C=O) groups is 1. The van der Waals surface area contributed by atoms with Crippen LogP contribution in [0.15, 0.2) is 30.7 Å². The van der Waals surface area contributed by atoms with Crippen molar-refractivity contribution in [2.75, 3.05) is 19.6 Å². The highest BCUT2D eigenvalue weighted by Crippen LogP contribution is 2.44. The van der Waals surface area contributed by atoms with Crippen LogP contribution in [-0.4, -0.2) is 50.3 Å². The number of likely N-dealkylation sites (tertiary alicyclic amines) is 1. The number of hydrogen-bond donors (Lipinski definition) is 1. The van der Waals surface area contributed by atoms with E-state index >= 15 is 0 Å². The van der Waals surface area contributed by atoms with Gasteiger partial charge in [0.25, 0.3) is 0 Å². The number of fused-ring (bicyclic) bond motifs is 2. The highest BCUT2D eigenvalue weighted by Gasteiger charge is 2.50. The summed E-state index contributed by atoms with van der Waals surface area (Å²) in [5, 5.41) is 0. The quantitative estimate of drug-likeness (QED) is 0.908. The minimum absolute atomic E-state index is 0.221. The molecule has 3 aliphatic rings. The molecule has 2 aromatic heterocycles. The molecule has 1 saturated carbocycles. The first-order valence-corrected chi connectivity index (χ1v) is 10.2. The van der Waals surface area contributed by atoms with E-state index in [2.05, 4.69) is 25.8 Å². The second-order valence-corrected chi connectivity index (χ2v) is 8.23. The summed E-state index contributed by atoms with van der Waals surface area (Å²) >= 11 is 0. The van der Waals surface area contributed by atoms with Crippen LogP contribution in [0.3, 0.4) is 0 Å². The largest absolute Gasteiger partial charge is 0.348 e. The number of H-pyrrole nitrogens is 1. The Hall–Kier alpha value is -2.21. The van der Waals surface area contributed by atoms with E-state index in [-0.39, 0.29) is 11.5 Å². The van der Waals surface area contributed by atoms with E-state index in [0.29, 0.717) is 5.91 Å². The maximum atomic E-state index is 13.2. The molecule has 0 bridgehead atoms. The molecule has 27 heavy (non-hydrogen) atoms. The summed E-state index contributed by atoms with van der Waals surface area (Å²) in [5.74, 6) is 0.613. The number of amides is 1. The third-order valence-corrected chi connectivity index (χ3v) is 6.78. The number of aromatic amines is 1. The van der Waals surface area contributed by atoms with Gasteiger partial charge in [0.05, 0.1) is 23.3 Å². The van der Waals surface area contributed by atoms with Crippen molar-refractivity contribution in [1.82, 2.24) is 24.8 Å². The van der Waals surface area contributed by atoms with Gasteiger partial charge in [-0.15, -0.1) is 0 Å². The summed E-state index contributed by atoms with van der Waals surface area (Å²) in [6.07, 6.45) is 9.79. The number of imidazole rings is 1. The molecule has 142 valence electrons. The fraction of sp³-hybridized carbons (Fsp3) is 0.571. The minimum Gasteiger partial charge on any atom is -0.348 e. The monoisotopic (exact) mass is 365 g/mol. The SMILES string of the molecule is O=C(C1CCC1)N1CCc2[nH]cnc2C12CCN(Cc1ccccn1)CC2. The number of aromatic nitrogens is 3. The Morgan fingerprint density at radius 3 is 2.74 bits per heavy atom. The molecular weight excluding hydrogens is 338 g/mol. The Bertz CT molecular complexity index is 805. The first-order valence-electron chi connectivity index (χ1n) is 10.2. The third kappa shape index (κ3) is 2.87. The summed E-state index contributed by atoms with van der Waals surface area (Å²) in [6, 6.07) is 6.09. The molecule has 1 N–H and O–H groups in total. The van der Waals surface area contributed by atoms with Crippen LogP contribution in [0.2, 0.25) is 0 Å². The van der Waals surface area contributed by atoms with Crippen LogP contribution >= 0.6 is 0 Å². The lowest BCUT2D eigenvalue weighted by atomic mass is 9.76. The van der Waals surface area contributed by atoms with Gasteiger partial charge in [0.15, 0.2) is 0 Å². The van der Waals surface area contributed by atoms with Crippen molar-refractivity contribution in [2.24, 2.45) is 5.92 Å². The number of nitrogens with one attached hydrogen (secondary N) is 1. The van der Waals surface area contributed by atoms with E-state index in [0.717, 1.165) is 69.7 Å². The van der Waals surface area contributed by atoms with Crippen LogP contribution in [0.5, 0.6) is 0 Å². The Morgan fingerprint density at radius 1 is 1.19 bits per heavy atom. The molecule has 6 heteroatoms. The zero-order chi connectivity index (χ0) is 18.3. The highest BCUT2D eigenvalue weighted by molar-refractivity contribution is 5.81. The summed E-state index contributed by atoms with van der Waals surface area (Å²) < 4.78 is 0. The van der Waals surface area contributed by atoms with Gasteiger partial charge in [0, 0.05) is 50.4 Å². The van der Waals surface area contributed by atoms with Crippen molar-refractivity contribution in [3.63, 3.8) is 0 Å². The van der Waals surface area contributed by atoms with E-state index in [4.69, 9.17) is 4.98 Å². The van der Waals surface area contributed by atoms with Crippen molar-refractivity contribution in [1.29, 1.82) is 0 Å².